The van der Waals surface area contributed by atoms with E-state index in [-0.39, 0.29) is 12.3 Å². The molecule has 3 aromatic heterocycles. The van der Waals surface area contributed by atoms with Crippen molar-refractivity contribution in [3.05, 3.63) is 163 Å². The summed E-state index contributed by atoms with van der Waals surface area (Å²) in [6.45, 7) is 4.69. The molecule has 1 aliphatic carbocycles. The highest BCUT2D eigenvalue weighted by atomic mass is 32.1. The van der Waals surface area contributed by atoms with Gasteiger partial charge in [-0.25, -0.2) is 0 Å². The average Bonchev–Trinajstić information content (AvgIpc) is 3.95. The minimum atomic E-state index is -0.123. The third-order valence-corrected chi connectivity index (χ3v) is 14.5. The van der Waals surface area contributed by atoms with Gasteiger partial charge >= 0.3 is 6.85 Å². The van der Waals surface area contributed by atoms with Gasteiger partial charge in [-0.05, 0) is 85.9 Å². The molecule has 0 saturated heterocycles. The average molecular weight is 731 g/mol. The maximum absolute atomic E-state index is 6.85. The number of aromatic nitrogens is 1. The first-order chi connectivity index (χ1) is 27.5. The normalized spacial score (nSPS) is 14.7. The lowest BCUT2D eigenvalue weighted by atomic mass is 9.43. The van der Waals surface area contributed by atoms with E-state index in [2.05, 4.69) is 175 Å². The van der Waals surface area contributed by atoms with E-state index >= 15 is 0 Å². The topological polar surface area (TPSA) is 21.3 Å². The summed E-state index contributed by atoms with van der Waals surface area (Å²) in [6.07, 6.45) is 0. The molecule has 0 radical (unpaired) electrons. The van der Waals surface area contributed by atoms with E-state index in [4.69, 9.17) is 4.42 Å². The van der Waals surface area contributed by atoms with Crippen LogP contribution in [0, 0.1) is 0 Å². The second-order valence-corrected chi connectivity index (χ2v) is 17.4. The third kappa shape index (κ3) is 3.44. The molecule has 0 saturated carbocycles. The molecule has 5 heteroatoms. The van der Waals surface area contributed by atoms with Crippen molar-refractivity contribution in [2.45, 2.75) is 19.3 Å². The lowest BCUT2D eigenvalue weighted by Crippen LogP contribution is -2.60. The molecule has 3 nitrogen and oxygen atoms in total. The molecule has 0 amide bonds. The van der Waals surface area contributed by atoms with E-state index in [1.807, 2.05) is 11.3 Å². The van der Waals surface area contributed by atoms with E-state index in [0.717, 1.165) is 16.6 Å². The largest absolute Gasteiger partial charge is 0.456 e. The molecule has 11 aromatic rings. The van der Waals surface area contributed by atoms with Gasteiger partial charge in [0.1, 0.15) is 16.0 Å². The highest BCUT2D eigenvalue weighted by Crippen LogP contribution is 2.54. The number of hydrogen-bond acceptors (Lipinski definition) is 3. The zero-order valence-corrected chi connectivity index (χ0v) is 31.5. The summed E-state index contributed by atoms with van der Waals surface area (Å²) in [5.41, 5.74) is 17.3. The van der Waals surface area contributed by atoms with Gasteiger partial charge < -0.3 is 13.8 Å². The summed E-state index contributed by atoms with van der Waals surface area (Å²) >= 11 is 1.90. The zero-order chi connectivity index (χ0) is 36.6. The molecule has 2 aliphatic heterocycles. The summed E-state index contributed by atoms with van der Waals surface area (Å²) in [5, 5.41) is 8.80. The van der Waals surface area contributed by atoms with Crippen LogP contribution in [0.15, 0.2) is 156 Å². The van der Waals surface area contributed by atoms with Crippen molar-refractivity contribution in [1.29, 1.82) is 0 Å². The molecule has 0 bridgehead atoms. The van der Waals surface area contributed by atoms with Gasteiger partial charge in [0.2, 0.25) is 0 Å². The molecular weight excluding hydrogens is 699 g/mol. The minimum Gasteiger partial charge on any atom is -0.456 e. The Balaban J connectivity index is 1.18. The van der Waals surface area contributed by atoms with Gasteiger partial charge in [-0.2, -0.15) is 0 Å². The quantitative estimate of drug-likeness (QED) is 0.157. The second-order valence-electron chi connectivity index (χ2n) is 16.4. The minimum absolute atomic E-state index is 0.0804. The lowest BCUT2D eigenvalue weighted by molar-refractivity contribution is 0.660. The molecule has 3 aliphatic rings. The Labute approximate surface area is 326 Å². The van der Waals surface area contributed by atoms with Crippen LogP contribution in [0.2, 0.25) is 0 Å². The molecule has 0 unspecified atom stereocenters. The van der Waals surface area contributed by atoms with Crippen LogP contribution in [0.3, 0.4) is 0 Å². The molecule has 0 fully saturated rings. The van der Waals surface area contributed by atoms with Crippen molar-refractivity contribution in [1.82, 2.24) is 4.57 Å². The number of hydrogen-bond donors (Lipinski definition) is 0. The van der Waals surface area contributed by atoms with E-state index < -0.39 is 0 Å². The predicted octanol–water partition coefficient (Wildman–Crippen LogP) is 12.6. The smallest absolute Gasteiger partial charge is 0.333 e. The molecule has 56 heavy (non-hydrogen) atoms. The first-order valence-electron chi connectivity index (χ1n) is 19.5. The van der Waals surface area contributed by atoms with Crippen LogP contribution < -0.4 is 15.7 Å². The number of nitrogens with zero attached hydrogens (tertiary/aromatic N) is 2. The van der Waals surface area contributed by atoms with Crippen LogP contribution >= 0.6 is 11.3 Å². The molecule has 0 atom stereocenters. The SMILES string of the molecule is CC1(C)c2ccccc2-c2ccc(N3B4c5c(cc6oc7ccccc7c6c5-c5cc6ccccc6cc53)-n3c5sc6ccccc6c5c5cccc4c53)cc21. The molecule has 260 valence electrons. The Hall–Kier alpha value is -6.56. The molecular formula is C51H31BN2OS. The molecule has 5 heterocycles. The van der Waals surface area contributed by atoms with Crippen molar-refractivity contribution in [2.24, 2.45) is 0 Å². The summed E-state index contributed by atoms with van der Waals surface area (Å²) in [7, 11) is 0. The van der Waals surface area contributed by atoms with Crippen molar-refractivity contribution in [3.63, 3.8) is 0 Å². The zero-order valence-electron chi connectivity index (χ0n) is 30.7. The number of para-hydroxylation sites is 2. The second kappa shape index (κ2) is 10.00. The van der Waals surface area contributed by atoms with Crippen LogP contribution in [0.25, 0.3) is 91.9 Å². The van der Waals surface area contributed by atoms with Crippen LogP contribution in [0.5, 0.6) is 0 Å². The first-order valence-corrected chi connectivity index (χ1v) is 20.4. The number of furan rings is 1. The van der Waals surface area contributed by atoms with Gasteiger partial charge in [0.05, 0.1) is 5.52 Å². The van der Waals surface area contributed by atoms with Gasteiger partial charge in [0, 0.05) is 65.7 Å². The Morgan fingerprint density at radius 3 is 2.23 bits per heavy atom. The Morgan fingerprint density at radius 1 is 0.571 bits per heavy atom. The van der Waals surface area contributed by atoms with E-state index in [9.17, 15) is 0 Å². The fourth-order valence-corrected chi connectivity index (χ4v) is 12.2. The van der Waals surface area contributed by atoms with Crippen molar-refractivity contribution < 1.29 is 4.42 Å². The summed E-state index contributed by atoms with van der Waals surface area (Å²) < 4.78 is 10.7. The lowest BCUT2D eigenvalue weighted by Gasteiger charge is -2.42. The van der Waals surface area contributed by atoms with Crippen LogP contribution in [-0.2, 0) is 5.41 Å². The summed E-state index contributed by atoms with van der Waals surface area (Å²) in [6, 6.07) is 56.8. The molecule has 14 rings (SSSR count). The predicted molar refractivity (Wildman–Crippen MR) is 238 cm³/mol. The summed E-state index contributed by atoms with van der Waals surface area (Å²) in [4.78, 5) is 3.97. The number of fused-ring (bicyclic) bond motifs is 17. The van der Waals surface area contributed by atoms with E-state index in [1.54, 1.807) is 0 Å². The molecule has 0 spiro atoms. The van der Waals surface area contributed by atoms with Gasteiger partial charge in [0.15, 0.2) is 0 Å². The van der Waals surface area contributed by atoms with Gasteiger partial charge in [-0.1, -0.05) is 123 Å². The highest BCUT2D eigenvalue weighted by Gasteiger charge is 2.46. The Bertz CT molecular complexity index is 3600. The monoisotopic (exact) mass is 730 g/mol. The molecule has 0 N–H and O–H groups in total. The summed E-state index contributed by atoms with van der Waals surface area (Å²) in [5.74, 6) is 0. The van der Waals surface area contributed by atoms with Crippen molar-refractivity contribution in [2.75, 3.05) is 4.81 Å². The Kier molecular flexibility index (Phi) is 5.31. The van der Waals surface area contributed by atoms with Crippen LogP contribution in [-0.4, -0.2) is 11.4 Å². The fraction of sp³-hybridized carbons (Fsp3) is 0.0588. The highest BCUT2D eigenvalue weighted by molar-refractivity contribution is 7.26. The number of benzene rings is 8. The van der Waals surface area contributed by atoms with E-state index in [1.165, 1.54) is 109 Å². The fourth-order valence-electron chi connectivity index (χ4n) is 11.0. The van der Waals surface area contributed by atoms with Crippen LogP contribution in [0.1, 0.15) is 25.0 Å². The Morgan fingerprint density at radius 2 is 1.32 bits per heavy atom. The standard InChI is InChI=1S/C51H31BN2OS/c1-51(2)37-18-8-5-14-31(37)32-23-22-30(26-38(32)51)54-40-25-29-13-4-3-12-28(29)24-36(40)47-46-33-15-6-9-20-42(33)55-43(46)27-41-48(47)52(54)39-19-11-17-35-45-34-16-7-10-21-44(34)56-50(45)53(41)49(35)39/h3-27H,1-2H3. The van der Waals surface area contributed by atoms with Crippen molar-refractivity contribution >= 4 is 104 Å². The first kappa shape index (κ1) is 29.8. The third-order valence-electron chi connectivity index (χ3n) is 13.3. The number of thiophene rings is 1. The maximum atomic E-state index is 6.85. The molecule has 8 aromatic carbocycles. The number of anilines is 2. The van der Waals surface area contributed by atoms with Gasteiger partial charge in [-0.15, -0.1) is 11.3 Å². The maximum Gasteiger partial charge on any atom is 0.333 e. The van der Waals surface area contributed by atoms with Gasteiger partial charge in [-0.3, -0.25) is 0 Å². The van der Waals surface area contributed by atoms with Gasteiger partial charge in [0.25, 0.3) is 0 Å². The van der Waals surface area contributed by atoms with Crippen molar-refractivity contribution in [3.8, 4) is 27.9 Å². The van der Waals surface area contributed by atoms with Crippen LogP contribution in [0.4, 0.5) is 11.4 Å². The number of rotatable bonds is 1. The van der Waals surface area contributed by atoms with E-state index in [0.29, 0.717) is 0 Å².